The minimum atomic E-state index is -4.41. The molecule has 0 unspecified atom stereocenters. The highest BCUT2D eigenvalue weighted by Gasteiger charge is 2.30. The number of para-hydroxylation sites is 1. The molecule has 0 radical (unpaired) electrons. The number of alkyl halides is 3. The number of anilines is 1. The van der Waals surface area contributed by atoms with Gasteiger partial charge in [0.25, 0.3) is 0 Å². The Labute approximate surface area is 177 Å². The first-order chi connectivity index (χ1) is 14.8. The summed E-state index contributed by atoms with van der Waals surface area (Å²) in [5.41, 5.74) is 0.649. The third-order valence-corrected chi connectivity index (χ3v) is 5.08. The number of benzene rings is 2. The van der Waals surface area contributed by atoms with Gasteiger partial charge in [0.2, 0.25) is 5.88 Å². The van der Waals surface area contributed by atoms with Crippen LogP contribution in [0.4, 0.5) is 23.1 Å². The van der Waals surface area contributed by atoms with E-state index >= 15 is 0 Å². The van der Waals surface area contributed by atoms with Crippen molar-refractivity contribution >= 4 is 32.8 Å². The molecular weight excluding hydrogens is 433 g/mol. The summed E-state index contributed by atoms with van der Waals surface area (Å²) in [5.74, 6) is 0.580. The van der Waals surface area contributed by atoms with Crippen LogP contribution in [0.5, 0.6) is 11.6 Å². The Kier molecular flexibility index (Phi) is 5.42. The number of halogens is 3. The van der Waals surface area contributed by atoms with Crippen molar-refractivity contribution in [1.29, 1.82) is 0 Å². The molecule has 11 heteroatoms. The van der Waals surface area contributed by atoms with Gasteiger partial charge in [-0.25, -0.2) is 19.7 Å². The normalized spacial score (nSPS) is 11.4. The fourth-order valence-electron chi connectivity index (χ4n) is 2.69. The number of hydrogen-bond acceptors (Lipinski definition) is 7. The van der Waals surface area contributed by atoms with Gasteiger partial charge in [-0.2, -0.15) is 13.2 Å². The summed E-state index contributed by atoms with van der Waals surface area (Å²) in [6.07, 6.45) is -3.79. The van der Waals surface area contributed by atoms with E-state index in [2.05, 4.69) is 25.0 Å². The second-order valence-electron chi connectivity index (χ2n) is 6.16. The van der Waals surface area contributed by atoms with E-state index in [-0.39, 0.29) is 5.88 Å². The van der Waals surface area contributed by atoms with E-state index in [1.165, 1.54) is 43.0 Å². The van der Waals surface area contributed by atoms with Crippen molar-refractivity contribution in [2.45, 2.75) is 6.18 Å². The van der Waals surface area contributed by atoms with Crippen LogP contribution in [-0.4, -0.2) is 28.2 Å². The van der Waals surface area contributed by atoms with Gasteiger partial charge in [0, 0.05) is 11.6 Å². The lowest BCUT2D eigenvalue weighted by Crippen LogP contribution is -2.10. The summed E-state index contributed by atoms with van der Waals surface area (Å²) in [4.78, 5) is 23.9. The van der Waals surface area contributed by atoms with Crippen LogP contribution in [0.2, 0.25) is 0 Å². The number of methoxy groups -OCH3 is 1. The van der Waals surface area contributed by atoms with Gasteiger partial charge in [0.05, 0.1) is 23.1 Å². The topological polar surface area (TPSA) is 86.2 Å². The largest absolute Gasteiger partial charge is 0.453 e. The van der Waals surface area contributed by atoms with Gasteiger partial charge in [-0.05, 0) is 24.3 Å². The standard InChI is InChI=1S/C20H13F3N4O3S/c1-29-19(28)27-18-26-17-14(3-2-4-15(17)31-18)30-16-9-13(24-10-25-16)11-5-7-12(8-6-11)20(21,22)23/h2-10H,1H3,(H,26,27,28). The van der Waals surface area contributed by atoms with Gasteiger partial charge in [0.15, 0.2) is 10.9 Å². The average molecular weight is 446 g/mol. The van der Waals surface area contributed by atoms with E-state index in [1.807, 2.05) is 6.07 Å². The Morgan fingerprint density at radius 3 is 2.58 bits per heavy atom. The number of ether oxygens (including phenoxy) is 2. The van der Waals surface area contributed by atoms with E-state index in [0.717, 1.165) is 16.8 Å². The number of rotatable bonds is 4. The van der Waals surface area contributed by atoms with Crippen LogP contribution < -0.4 is 10.1 Å². The molecule has 0 saturated heterocycles. The fraction of sp³-hybridized carbons (Fsp3) is 0.100. The molecule has 158 valence electrons. The molecule has 0 atom stereocenters. The molecule has 1 amide bonds. The molecule has 2 aromatic heterocycles. The maximum absolute atomic E-state index is 12.8. The minimum Gasteiger partial charge on any atom is -0.453 e. The molecule has 31 heavy (non-hydrogen) atoms. The van der Waals surface area contributed by atoms with Crippen LogP contribution in [0.1, 0.15) is 5.56 Å². The molecule has 4 aromatic rings. The zero-order chi connectivity index (χ0) is 22.0. The molecule has 0 saturated carbocycles. The molecule has 4 rings (SSSR count). The molecule has 0 bridgehead atoms. The van der Waals surface area contributed by atoms with Crippen molar-refractivity contribution in [3.63, 3.8) is 0 Å². The van der Waals surface area contributed by atoms with Gasteiger partial charge in [-0.1, -0.05) is 29.5 Å². The molecule has 1 N–H and O–H groups in total. The lowest BCUT2D eigenvalue weighted by Gasteiger charge is -2.09. The van der Waals surface area contributed by atoms with Crippen LogP contribution in [-0.2, 0) is 10.9 Å². The van der Waals surface area contributed by atoms with E-state index in [9.17, 15) is 18.0 Å². The van der Waals surface area contributed by atoms with Gasteiger partial charge in [0.1, 0.15) is 11.8 Å². The molecule has 2 aromatic carbocycles. The summed E-state index contributed by atoms with van der Waals surface area (Å²) >= 11 is 1.24. The van der Waals surface area contributed by atoms with Gasteiger partial charge < -0.3 is 9.47 Å². The Morgan fingerprint density at radius 1 is 1.10 bits per heavy atom. The molecule has 0 spiro atoms. The Bertz CT molecular complexity index is 1240. The highest BCUT2D eigenvalue weighted by molar-refractivity contribution is 7.22. The van der Waals surface area contributed by atoms with Crippen molar-refractivity contribution in [2.24, 2.45) is 0 Å². The van der Waals surface area contributed by atoms with Crippen LogP contribution in [0, 0.1) is 0 Å². The van der Waals surface area contributed by atoms with Crippen molar-refractivity contribution < 1.29 is 27.4 Å². The lowest BCUT2D eigenvalue weighted by molar-refractivity contribution is -0.137. The zero-order valence-corrected chi connectivity index (χ0v) is 16.6. The van der Waals surface area contributed by atoms with Crippen molar-refractivity contribution in [2.75, 3.05) is 12.4 Å². The van der Waals surface area contributed by atoms with E-state index in [4.69, 9.17) is 4.74 Å². The van der Waals surface area contributed by atoms with Crippen molar-refractivity contribution in [3.05, 3.63) is 60.4 Å². The predicted octanol–water partition coefficient (Wildman–Crippen LogP) is 5.74. The molecule has 0 aliphatic rings. The smallest absolute Gasteiger partial charge is 0.416 e. The number of carbonyl (C=O) groups excluding carboxylic acids is 1. The lowest BCUT2D eigenvalue weighted by atomic mass is 10.1. The highest BCUT2D eigenvalue weighted by Crippen LogP contribution is 2.35. The summed E-state index contributed by atoms with van der Waals surface area (Å²) in [6.45, 7) is 0. The first kappa shape index (κ1) is 20.5. The maximum Gasteiger partial charge on any atom is 0.416 e. The first-order valence-corrected chi connectivity index (χ1v) is 9.57. The molecule has 0 aliphatic carbocycles. The van der Waals surface area contributed by atoms with Crippen LogP contribution in [0.15, 0.2) is 54.9 Å². The summed E-state index contributed by atoms with van der Waals surface area (Å²) in [7, 11) is 1.25. The number of fused-ring (bicyclic) bond motifs is 1. The van der Waals surface area contributed by atoms with Crippen molar-refractivity contribution in [3.8, 4) is 22.9 Å². The number of thiazole rings is 1. The number of hydrogen-bond donors (Lipinski definition) is 1. The van der Waals surface area contributed by atoms with Gasteiger partial charge in [-0.3, -0.25) is 5.32 Å². The average Bonchev–Trinajstić information content (AvgIpc) is 3.17. The molecule has 0 aliphatic heterocycles. The number of aromatic nitrogens is 3. The Hall–Kier alpha value is -3.73. The SMILES string of the molecule is COC(=O)Nc1nc2c(Oc3cc(-c4ccc(C(F)(F)F)cc4)ncn3)cccc2s1. The minimum absolute atomic E-state index is 0.188. The number of nitrogens with one attached hydrogen (secondary N) is 1. The van der Waals surface area contributed by atoms with Crippen molar-refractivity contribution in [1.82, 2.24) is 15.0 Å². The Morgan fingerprint density at radius 2 is 1.87 bits per heavy atom. The van der Waals surface area contributed by atoms with E-state index in [1.54, 1.807) is 12.1 Å². The maximum atomic E-state index is 12.8. The first-order valence-electron chi connectivity index (χ1n) is 8.75. The molecule has 2 heterocycles. The Balaban J connectivity index is 1.60. The molecular formula is C20H13F3N4O3S. The van der Waals surface area contributed by atoms with Crippen LogP contribution in [0.25, 0.3) is 21.5 Å². The molecule has 7 nitrogen and oxygen atoms in total. The van der Waals surface area contributed by atoms with Gasteiger partial charge >= 0.3 is 12.3 Å². The predicted molar refractivity (Wildman–Crippen MR) is 108 cm³/mol. The van der Waals surface area contributed by atoms with Crippen LogP contribution >= 0.6 is 11.3 Å². The quantitative estimate of drug-likeness (QED) is 0.430. The highest BCUT2D eigenvalue weighted by atomic mass is 32.1. The third kappa shape index (κ3) is 4.56. The summed E-state index contributed by atoms with van der Waals surface area (Å²) in [6, 6.07) is 11.4. The summed E-state index contributed by atoms with van der Waals surface area (Å²) in [5, 5.41) is 2.84. The number of nitrogens with zero attached hydrogens (tertiary/aromatic N) is 3. The molecule has 0 fully saturated rings. The fourth-order valence-corrected chi connectivity index (χ4v) is 3.56. The third-order valence-electron chi connectivity index (χ3n) is 4.14. The van der Waals surface area contributed by atoms with E-state index < -0.39 is 17.8 Å². The number of amides is 1. The monoisotopic (exact) mass is 446 g/mol. The second kappa shape index (κ2) is 8.19. The summed E-state index contributed by atoms with van der Waals surface area (Å²) < 4.78 is 49.5. The van der Waals surface area contributed by atoms with E-state index in [0.29, 0.717) is 27.7 Å². The number of carbonyl (C=O) groups is 1. The van der Waals surface area contributed by atoms with Crippen LogP contribution in [0.3, 0.4) is 0 Å². The van der Waals surface area contributed by atoms with Gasteiger partial charge in [-0.15, -0.1) is 0 Å². The zero-order valence-electron chi connectivity index (χ0n) is 15.8. The second-order valence-corrected chi connectivity index (χ2v) is 7.19.